The first kappa shape index (κ1) is 18.3. The maximum Gasteiger partial charge on any atom is 0.312 e. The number of carbonyl (C=O) groups is 1. The van der Waals surface area contributed by atoms with Crippen LogP contribution in [-0.4, -0.2) is 31.7 Å². The molecule has 0 unspecified atom stereocenters. The number of para-hydroxylation sites is 2. The summed E-state index contributed by atoms with van der Waals surface area (Å²) in [5.41, 5.74) is 3.38. The summed E-state index contributed by atoms with van der Waals surface area (Å²) in [7, 11) is 0. The van der Waals surface area contributed by atoms with E-state index in [4.69, 9.17) is 11.6 Å². The summed E-state index contributed by atoms with van der Waals surface area (Å²) >= 11 is 5.80. The summed E-state index contributed by atoms with van der Waals surface area (Å²) in [4.78, 5) is 26.7. The van der Waals surface area contributed by atoms with Gasteiger partial charge in [0.15, 0.2) is 0 Å². The zero-order valence-electron chi connectivity index (χ0n) is 14.1. The molecule has 0 spiro atoms. The Morgan fingerprint density at radius 1 is 1.44 bits per heavy atom. The van der Waals surface area contributed by atoms with Crippen molar-refractivity contribution >= 4 is 40.4 Å². The van der Waals surface area contributed by atoms with Crippen LogP contribution in [0.25, 0.3) is 11.0 Å². The van der Waals surface area contributed by atoms with Gasteiger partial charge >= 0.3 is 5.69 Å². The van der Waals surface area contributed by atoms with Gasteiger partial charge in [0.05, 0.1) is 22.2 Å². The van der Waals surface area contributed by atoms with E-state index < -0.39 is 22.3 Å². The van der Waals surface area contributed by atoms with Gasteiger partial charge in [-0.2, -0.15) is 5.10 Å². The van der Waals surface area contributed by atoms with Gasteiger partial charge in [0.2, 0.25) is 5.75 Å². The average Bonchev–Trinajstić information content (AvgIpc) is 2.93. The lowest BCUT2D eigenvalue weighted by atomic mass is 10.2. The molecule has 0 saturated heterocycles. The van der Waals surface area contributed by atoms with Gasteiger partial charge in [0.1, 0.15) is 12.4 Å². The second-order valence-corrected chi connectivity index (χ2v) is 6.08. The first-order valence-electron chi connectivity index (χ1n) is 7.77. The summed E-state index contributed by atoms with van der Waals surface area (Å²) in [6, 6.07) is 9.75. The molecule has 0 aliphatic carbocycles. The Bertz CT molecular complexity index is 1080. The number of carbonyl (C=O) groups excluding carboxylic acids is 1. The van der Waals surface area contributed by atoms with E-state index in [1.165, 1.54) is 6.07 Å². The molecule has 3 rings (SSSR count). The zero-order chi connectivity index (χ0) is 19.6. The monoisotopic (exact) mass is 387 g/mol. The average molecular weight is 388 g/mol. The van der Waals surface area contributed by atoms with E-state index in [1.54, 1.807) is 11.5 Å². The second kappa shape index (κ2) is 7.42. The number of imidazole rings is 1. The zero-order valence-corrected chi connectivity index (χ0v) is 14.8. The first-order chi connectivity index (χ1) is 12.9. The standard InChI is InChI=1S/C17H14ClN5O4/c1-10-20-13-4-2-3-5-14(13)22(10)9-16(24)21-19-8-11-6-12(18)7-15(17(11)25)23(26)27/h2-8,25H,9H2,1H3,(H,21,24)/b19-8+. The number of hydrogen-bond donors (Lipinski definition) is 2. The third kappa shape index (κ3) is 3.87. The third-order valence-corrected chi connectivity index (χ3v) is 4.04. The van der Waals surface area contributed by atoms with Gasteiger partial charge < -0.3 is 9.67 Å². The number of hydrogen-bond acceptors (Lipinski definition) is 6. The van der Waals surface area contributed by atoms with Crippen LogP contribution in [0.1, 0.15) is 11.4 Å². The number of rotatable bonds is 5. The Labute approximate surface area is 158 Å². The quantitative estimate of drug-likeness (QED) is 0.396. The number of hydrazone groups is 1. The maximum atomic E-state index is 12.2. The van der Waals surface area contributed by atoms with Crippen molar-refractivity contribution < 1.29 is 14.8 Å². The van der Waals surface area contributed by atoms with E-state index in [1.807, 2.05) is 24.3 Å². The molecule has 1 heterocycles. The van der Waals surface area contributed by atoms with Gasteiger partial charge in [-0.05, 0) is 25.1 Å². The number of aryl methyl sites for hydroxylation is 1. The second-order valence-electron chi connectivity index (χ2n) is 5.65. The highest BCUT2D eigenvalue weighted by Gasteiger charge is 2.18. The van der Waals surface area contributed by atoms with Gasteiger partial charge in [-0.3, -0.25) is 14.9 Å². The molecule has 2 N–H and O–H groups in total. The van der Waals surface area contributed by atoms with Gasteiger partial charge in [-0.1, -0.05) is 23.7 Å². The van der Waals surface area contributed by atoms with Crippen molar-refractivity contribution in [1.82, 2.24) is 15.0 Å². The van der Waals surface area contributed by atoms with Crippen LogP contribution in [0, 0.1) is 17.0 Å². The van der Waals surface area contributed by atoms with E-state index in [-0.39, 0.29) is 17.1 Å². The van der Waals surface area contributed by atoms with Crippen molar-refractivity contribution in [2.75, 3.05) is 0 Å². The minimum absolute atomic E-state index is 0.00857. The van der Waals surface area contributed by atoms with Crippen LogP contribution in [0.15, 0.2) is 41.5 Å². The third-order valence-electron chi connectivity index (χ3n) is 3.82. The lowest BCUT2D eigenvalue weighted by Crippen LogP contribution is -2.23. The summed E-state index contributed by atoms with van der Waals surface area (Å²) in [6.07, 6.45) is 1.09. The number of nitrogens with zero attached hydrogens (tertiary/aromatic N) is 4. The molecule has 9 nitrogen and oxygen atoms in total. The Kier molecular flexibility index (Phi) is 5.04. The van der Waals surface area contributed by atoms with E-state index >= 15 is 0 Å². The van der Waals surface area contributed by atoms with Crippen molar-refractivity contribution in [3.05, 3.63) is 62.9 Å². The number of aromatic hydroxyl groups is 1. The Morgan fingerprint density at radius 2 is 2.19 bits per heavy atom. The lowest BCUT2D eigenvalue weighted by molar-refractivity contribution is -0.385. The number of fused-ring (bicyclic) bond motifs is 1. The predicted molar refractivity (Wildman–Crippen MR) is 100.0 cm³/mol. The molecule has 1 amide bonds. The Morgan fingerprint density at radius 3 is 2.93 bits per heavy atom. The first-order valence-corrected chi connectivity index (χ1v) is 8.15. The number of amides is 1. The largest absolute Gasteiger partial charge is 0.502 e. The number of aromatic nitrogens is 2. The number of phenols is 1. The van der Waals surface area contributed by atoms with Crippen LogP contribution in [0.4, 0.5) is 5.69 Å². The molecular weight excluding hydrogens is 374 g/mol. The van der Waals surface area contributed by atoms with Gasteiger partial charge in [0.25, 0.3) is 5.91 Å². The molecule has 1 aromatic heterocycles. The summed E-state index contributed by atoms with van der Waals surface area (Å²) in [5, 5.41) is 24.6. The molecule has 0 bridgehead atoms. The van der Waals surface area contributed by atoms with Crippen LogP contribution in [0.5, 0.6) is 5.75 Å². The van der Waals surface area contributed by atoms with Crippen LogP contribution in [0.2, 0.25) is 5.02 Å². The Hall–Kier alpha value is -3.46. The van der Waals surface area contributed by atoms with Crippen LogP contribution in [-0.2, 0) is 11.3 Å². The molecule has 0 radical (unpaired) electrons. The highest BCUT2D eigenvalue weighted by molar-refractivity contribution is 6.31. The number of nitro benzene ring substituents is 1. The van der Waals surface area contributed by atoms with E-state index in [9.17, 15) is 20.0 Å². The number of halogens is 1. The minimum Gasteiger partial charge on any atom is -0.502 e. The van der Waals surface area contributed by atoms with E-state index in [2.05, 4.69) is 15.5 Å². The molecule has 0 aliphatic heterocycles. The molecular formula is C17H14ClN5O4. The van der Waals surface area contributed by atoms with Gasteiger partial charge in [0, 0.05) is 16.7 Å². The molecule has 0 aliphatic rings. The fraction of sp³-hybridized carbons (Fsp3) is 0.118. The smallest absolute Gasteiger partial charge is 0.312 e. The number of phenolic OH excluding ortho intramolecular Hbond substituents is 1. The minimum atomic E-state index is -0.760. The summed E-state index contributed by atoms with van der Waals surface area (Å²) in [6.45, 7) is 1.78. The summed E-state index contributed by atoms with van der Waals surface area (Å²) < 4.78 is 1.74. The number of nitrogens with one attached hydrogen (secondary N) is 1. The van der Waals surface area contributed by atoms with Crippen molar-refractivity contribution in [3.63, 3.8) is 0 Å². The van der Waals surface area contributed by atoms with Crippen molar-refractivity contribution in [2.45, 2.75) is 13.5 Å². The highest BCUT2D eigenvalue weighted by atomic mass is 35.5. The van der Waals surface area contributed by atoms with Gasteiger partial charge in [-0.25, -0.2) is 10.4 Å². The van der Waals surface area contributed by atoms with Crippen molar-refractivity contribution in [1.29, 1.82) is 0 Å². The van der Waals surface area contributed by atoms with Crippen molar-refractivity contribution in [2.24, 2.45) is 5.10 Å². The van der Waals surface area contributed by atoms with E-state index in [0.717, 1.165) is 23.3 Å². The fourth-order valence-electron chi connectivity index (χ4n) is 2.59. The molecule has 2 aromatic carbocycles. The molecule has 27 heavy (non-hydrogen) atoms. The molecule has 0 fully saturated rings. The highest BCUT2D eigenvalue weighted by Crippen LogP contribution is 2.32. The molecule has 0 saturated carbocycles. The normalized spacial score (nSPS) is 11.2. The molecule has 3 aromatic rings. The van der Waals surface area contributed by atoms with E-state index in [0.29, 0.717) is 5.82 Å². The maximum absolute atomic E-state index is 12.2. The molecule has 138 valence electrons. The van der Waals surface area contributed by atoms with Crippen molar-refractivity contribution in [3.8, 4) is 5.75 Å². The number of benzene rings is 2. The van der Waals surface area contributed by atoms with Crippen LogP contribution < -0.4 is 5.43 Å². The predicted octanol–water partition coefficient (Wildman–Crippen LogP) is 2.76. The van der Waals surface area contributed by atoms with Gasteiger partial charge in [-0.15, -0.1) is 0 Å². The lowest BCUT2D eigenvalue weighted by Gasteiger charge is -2.05. The SMILES string of the molecule is Cc1nc2ccccc2n1CC(=O)N/N=C/c1cc(Cl)cc([N+](=O)[O-])c1O. The number of nitro groups is 1. The fourth-order valence-corrected chi connectivity index (χ4v) is 2.81. The Balaban J connectivity index is 1.74. The van der Waals surface area contributed by atoms with Crippen LogP contribution in [0.3, 0.4) is 0 Å². The molecule has 0 atom stereocenters. The van der Waals surface area contributed by atoms with Crippen LogP contribution >= 0.6 is 11.6 Å². The topological polar surface area (TPSA) is 123 Å². The molecule has 10 heteroatoms. The summed E-state index contributed by atoms with van der Waals surface area (Å²) in [5.74, 6) is -0.328.